The van der Waals surface area contributed by atoms with E-state index in [1.807, 2.05) is 0 Å². The molecule has 0 spiro atoms. The van der Waals surface area contributed by atoms with Gasteiger partial charge in [-0.2, -0.15) is 0 Å². The summed E-state index contributed by atoms with van der Waals surface area (Å²) in [5, 5.41) is 3.36. The van der Waals surface area contributed by atoms with Gasteiger partial charge in [-0.3, -0.25) is 4.90 Å². The van der Waals surface area contributed by atoms with Gasteiger partial charge < -0.3 is 10.2 Å². The van der Waals surface area contributed by atoms with E-state index in [0.717, 1.165) is 6.04 Å². The van der Waals surface area contributed by atoms with Crippen molar-refractivity contribution in [2.75, 3.05) is 44.2 Å². The number of nitrogens with one attached hydrogen (secondary N) is 1. The number of benzene rings is 1. The lowest BCUT2D eigenvalue weighted by Gasteiger charge is -2.44. The Labute approximate surface area is 110 Å². The van der Waals surface area contributed by atoms with Crippen LogP contribution in [0.5, 0.6) is 0 Å². The number of aryl methyl sites for hydroxylation is 2. The predicted octanol–water partition coefficient (Wildman–Crippen LogP) is 1.40. The average Bonchev–Trinajstić information content (AvgIpc) is 2.31. The van der Waals surface area contributed by atoms with Crippen LogP contribution < -0.4 is 10.2 Å². The normalized spacial score (nSPS) is 22.0. The second-order valence-corrected chi connectivity index (χ2v) is 5.63. The van der Waals surface area contributed by atoms with Crippen molar-refractivity contribution in [1.29, 1.82) is 0 Å². The van der Waals surface area contributed by atoms with Gasteiger partial charge in [0.2, 0.25) is 0 Å². The Kier molecular flexibility index (Phi) is 3.27. The number of hydrogen-bond donors (Lipinski definition) is 1. The van der Waals surface area contributed by atoms with Crippen LogP contribution in [0.15, 0.2) is 18.2 Å². The van der Waals surface area contributed by atoms with Crippen LogP contribution in [0.2, 0.25) is 0 Å². The molecule has 0 bridgehead atoms. The second kappa shape index (κ2) is 4.90. The van der Waals surface area contributed by atoms with Gasteiger partial charge in [-0.05, 0) is 31.0 Å². The Morgan fingerprint density at radius 1 is 1.06 bits per heavy atom. The largest absolute Gasteiger partial charge is 0.369 e. The number of hydrogen-bond acceptors (Lipinski definition) is 3. The minimum atomic E-state index is 0.797. The molecule has 3 rings (SSSR count). The summed E-state index contributed by atoms with van der Waals surface area (Å²) in [5.74, 6) is 0. The zero-order valence-electron chi connectivity index (χ0n) is 11.4. The summed E-state index contributed by atoms with van der Waals surface area (Å²) in [6.07, 6.45) is 0. The molecule has 0 aromatic heterocycles. The third kappa shape index (κ3) is 2.25. The topological polar surface area (TPSA) is 18.5 Å². The quantitative estimate of drug-likeness (QED) is 0.849. The molecule has 3 nitrogen and oxygen atoms in total. The molecule has 98 valence electrons. The van der Waals surface area contributed by atoms with Gasteiger partial charge in [0.25, 0.3) is 0 Å². The standard InChI is InChI=1S/C15H23N3/c1-12-3-4-13(2)15(9-12)18-7-5-17(6-8-18)14-10-16-11-14/h3-4,9,14,16H,5-8,10-11H2,1-2H3. The molecule has 1 aromatic rings. The molecular weight excluding hydrogens is 222 g/mol. The van der Waals surface area contributed by atoms with Crippen molar-refractivity contribution in [3.63, 3.8) is 0 Å². The highest BCUT2D eigenvalue weighted by Gasteiger charge is 2.27. The molecule has 2 aliphatic heterocycles. The van der Waals surface area contributed by atoms with E-state index in [1.165, 1.54) is 56.1 Å². The molecule has 0 unspecified atom stereocenters. The van der Waals surface area contributed by atoms with Gasteiger partial charge in [-0.1, -0.05) is 12.1 Å². The Balaban J connectivity index is 1.66. The summed E-state index contributed by atoms with van der Waals surface area (Å²) in [6, 6.07) is 7.57. The Hall–Kier alpha value is -1.06. The summed E-state index contributed by atoms with van der Waals surface area (Å²) in [6.45, 7) is 11.5. The van der Waals surface area contributed by atoms with Crippen LogP contribution in [0.1, 0.15) is 11.1 Å². The molecule has 2 aliphatic rings. The molecule has 0 radical (unpaired) electrons. The minimum absolute atomic E-state index is 0.797. The lowest BCUT2D eigenvalue weighted by molar-refractivity contribution is 0.138. The highest BCUT2D eigenvalue weighted by atomic mass is 15.3. The van der Waals surface area contributed by atoms with E-state index in [4.69, 9.17) is 0 Å². The first-order valence-electron chi connectivity index (χ1n) is 7.01. The third-order valence-electron chi connectivity index (χ3n) is 4.30. The van der Waals surface area contributed by atoms with Gasteiger partial charge >= 0.3 is 0 Å². The zero-order valence-corrected chi connectivity index (χ0v) is 11.4. The first kappa shape index (κ1) is 12.0. The maximum absolute atomic E-state index is 3.36. The van der Waals surface area contributed by atoms with E-state index in [2.05, 4.69) is 47.2 Å². The molecule has 0 amide bonds. The van der Waals surface area contributed by atoms with E-state index in [9.17, 15) is 0 Å². The van der Waals surface area contributed by atoms with Crippen LogP contribution in [0, 0.1) is 13.8 Å². The van der Waals surface area contributed by atoms with Crippen molar-refractivity contribution < 1.29 is 0 Å². The fourth-order valence-corrected chi connectivity index (χ4v) is 2.92. The minimum Gasteiger partial charge on any atom is -0.369 e. The maximum atomic E-state index is 3.36. The molecule has 3 heteroatoms. The number of rotatable bonds is 2. The number of nitrogens with zero attached hydrogens (tertiary/aromatic N) is 2. The Morgan fingerprint density at radius 2 is 1.78 bits per heavy atom. The average molecular weight is 245 g/mol. The molecule has 1 aromatic carbocycles. The fraction of sp³-hybridized carbons (Fsp3) is 0.600. The SMILES string of the molecule is Cc1ccc(C)c(N2CCN(C3CNC3)CC2)c1. The van der Waals surface area contributed by atoms with Crippen molar-refractivity contribution in [2.45, 2.75) is 19.9 Å². The zero-order chi connectivity index (χ0) is 12.5. The molecule has 2 heterocycles. The molecule has 0 saturated carbocycles. The summed E-state index contributed by atoms with van der Waals surface area (Å²) in [5.41, 5.74) is 4.20. The number of anilines is 1. The molecule has 1 N–H and O–H groups in total. The second-order valence-electron chi connectivity index (χ2n) is 5.63. The summed E-state index contributed by atoms with van der Waals surface area (Å²) in [4.78, 5) is 5.18. The lowest BCUT2D eigenvalue weighted by Crippen LogP contribution is -2.61. The molecular formula is C15H23N3. The fourth-order valence-electron chi connectivity index (χ4n) is 2.92. The van der Waals surface area contributed by atoms with E-state index < -0.39 is 0 Å². The van der Waals surface area contributed by atoms with Gasteiger partial charge in [0.1, 0.15) is 0 Å². The molecule has 2 saturated heterocycles. The van der Waals surface area contributed by atoms with Crippen LogP contribution in [-0.4, -0.2) is 50.2 Å². The van der Waals surface area contributed by atoms with Gasteiger partial charge in [0.05, 0.1) is 0 Å². The van der Waals surface area contributed by atoms with Crippen LogP contribution >= 0.6 is 0 Å². The third-order valence-corrected chi connectivity index (χ3v) is 4.30. The summed E-state index contributed by atoms with van der Waals surface area (Å²) >= 11 is 0. The van der Waals surface area contributed by atoms with E-state index in [-0.39, 0.29) is 0 Å². The van der Waals surface area contributed by atoms with Crippen LogP contribution in [0.4, 0.5) is 5.69 Å². The van der Waals surface area contributed by atoms with Crippen molar-refractivity contribution >= 4 is 5.69 Å². The van der Waals surface area contributed by atoms with Crippen LogP contribution in [-0.2, 0) is 0 Å². The van der Waals surface area contributed by atoms with Gasteiger partial charge in [0, 0.05) is 51.0 Å². The van der Waals surface area contributed by atoms with Crippen LogP contribution in [0.25, 0.3) is 0 Å². The summed E-state index contributed by atoms with van der Waals surface area (Å²) < 4.78 is 0. The Morgan fingerprint density at radius 3 is 2.39 bits per heavy atom. The van der Waals surface area contributed by atoms with Gasteiger partial charge in [-0.15, -0.1) is 0 Å². The van der Waals surface area contributed by atoms with Crippen molar-refractivity contribution in [3.05, 3.63) is 29.3 Å². The van der Waals surface area contributed by atoms with Crippen molar-refractivity contribution in [1.82, 2.24) is 10.2 Å². The van der Waals surface area contributed by atoms with Gasteiger partial charge in [-0.25, -0.2) is 0 Å². The first-order valence-corrected chi connectivity index (χ1v) is 7.01. The maximum Gasteiger partial charge on any atom is 0.0399 e. The van der Waals surface area contributed by atoms with E-state index in [1.54, 1.807) is 0 Å². The van der Waals surface area contributed by atoms with Crippen molar-refractivity contribution in [2.24, 2.45) is 0 Å². The van der Waals surface area contributed by atoms with E-state index in [0.29, 0.717) is 0 Å². The smallest absolute Gasteiger partial charge is 0.0399 e. The highest BCUT2D eigenvalue weighted by Crippen LogP contribution is 2.23. The van der Waals surface area contributed by atoms with Crippen molar-refractivity contribution in [3.8, 4) is 0 Å². The Bertz CT molecular complexity index is 418. The first-order chi connectivity index (χ1) is 8.74. The molecule has 0 aliphatic carbocycles. The molecule has 18 heavy (non-hydrogen) atoms. The predicted molar refractivity (Wildman–Crippen MR) is 76.4 cm³/mol. The summed E-state index contributed by atoms with van der Waals surface area (Å²) in [7, 11) is 0. The monoisotopic (exact) mass is 245 g/mol. The molecule has 0 atom stereocenters. The van der Waals surface area contributed by atoms with Gasteiger partial charge in [0.15, 0.2) is 0 Å². The number of piperazine rings is 1. The molecule has 2 fully saturated rings. The highest BCUT2D eigenvalue weighted by molar-refractivity contribution is 5.55. The van der Waals surface area contributed by atoms with Crippen LogP contribution in [0.3, 0.4) is 0 Å². The van der Waals surface area contributed by atoms with E-state index >= 15 is 0 Å². The lowest BCUT2D eigenvalue weighted by atomic mass is 10.1.